The first-order valence-corrected chi connectivity index (χ1v) is 9.13. The average Bonchev–Trinajstić information content (AvgIpc) is 2.56. The molecule has 2 aromatic carbocycles. The van der Waals surface area contributed by atoms with Gasteiger partial charge in [0.15, 0.2) is 9.84 Å². The highest BCUT2D eigenvalue weighted by Crippen LogP contribution is 2.21. The molecule has 0 heterocycles. The Morgan fingerprint density at radius 1 is 0.864 bits per heavy atom. The number of sulfone groups is 1. The summed E-state index contributed by atoms with van der Waals surface area (Å²) in [6, 6.07) is 17.1. The van der Waals surface area contributed by atoms with Crippen LogP contribution in [-0.2, 0) is 9.84 Å². The normalized spacial score (nSPS) is 11.1. The highest BCUT2D eigenvalue weighted by atomic mass is 32.2. The van der Waals surface area contributed by atoms with Crippen LogP contribution in [0.2, 0.25) is 0 Å². The molecule has 0 radical (unpaired) electrons. The minimum atomic E-state index is -3.19. The Morgan fingerprint density at radius 2 is 1.50 bits per heavy atom. The number of rotatable bonds is 8. The third-order valence-electron chi connectivity index (χ3n) is 3.37. The van der Waals surface area contributed by atoms with Crippen molar-refractivity contribution in [3.05, 3.63) is 54.6 Å². The molecule has 2 N–H and O–H groups in total. The third-order valence-corrected chi connectivity index (χ3v) is 5.16. The highest BCUT2D eigenvalue weighted by molar-refractivity contribution is 7.91. The van der Waals surface area contributed by atoms with E-state index in [1.54, 1.807) is 19.1 Å². The molecule has 0 aliphatic rings. The maximum absolute atomic E-state index is 12.0. The van der Waals surface area contributed by atoms with Gasteiger partial charge in [-0.2, -0.15) is 0 Å². The molecular weight excluding hydrogens is 296 g/mol. The van der Waals surface area contributed by atoms with Crippen LogP contribution < -0.4 is 10.6 Å². The van der Waals surface area contributed by atoms with Crippen molar-refractivity contribution in [1.82, 2.24) is 0 Å². The van der Waals surface area contributed by atoms with Gasteiger partial charge in [-0.15, -0.1) is 0 Å². The van der Waals surface area contributed by atoms with Gasteiger partial charge in [-0.05, 0) is 30.7 Å². The van der Waals surface area contributed by atoms with Crippen LogP contribution in [0, 0.1) is 0 Å². The van der Waals surface area contributed by atoms with E-state index >= 15 is 0 Å². The van der Waals surface area contributed by atoms with Crippen LogP contribution in [0.5, 0.6) is 0 Å². The van der Waals surface area contributed by atoms with Crippen molar-refractivity contribution < 1.29 is 8.42 Å². The smallest absolute Gasteiger partial charge is 0.180 e. The molecule has 0 aliphatic heterocycles. The molecule has 0 saturated carbocycles. The number of para-hydroxylation sites is 2. The molecule has 0 spiro atoms. The molecule has 0 amide bonds. The quantitative estimate of drug-likeness (QED) is 0.733. The number of hydrogen-bond acceptors (Lipinski definition) is 4. The largest absolute Gasteiger partial charge is 0.385 e. The van der Waals surface area contributed by atoms with Crippen molar-refractivity contribution in [2.24, 2.45) is 0 Å². The number of nitrogens with one attached hydrogen (secondary N) is 2. The van der Waals surface area contributed by atoms with E-state index in [4.69, 9.17) is 0 Å². The lowest BCUT2D eigenvalue weighted by Gasteiger charge is -2.12. The predicted octanol–water partition coefficient (Wildman–Crippen LogP) is 3.39. The molecule has 2 rings (SSSR count). The Balaban J connectivity index is 1.85. The molecule has 22 heavy (non-hydrogen) atoms. The lowest BCUT2D eigenvalue weighted by atomic mass is 10.3. The van der Waals surface area contributed by atoms with Gasteiger partial charge in [0.2, 0.25) is 0 Å². The van der Waals surface area contributed by atoms with E-state index in [1.807, 2.05) is 42.5 Å². The van der Waals surface area contributed by atoms with Gasteiger partial charge >= 0.3 is 0 Å². The summed E-state index contributed by atoms with van der Waals surface area (Å²) in [7, 11) is -3.19. The summed E-state index contributed by atoms with van der Waals surface area (Å²) < 4.78 is 24.1. The van der Waals surface area contributed by atoms with Crippen LogP contribution in [0.4, 0.5) is 11.4 Å². The van der Waals surface area contributed by atoms with Crippen LogP contribution in [0.3, 0.4) is 0 Å². The minimum Gasteiger partial charge on any atom is -0.385 e. The Bertz CT molecular complexity index is 685. The average molecular weight is 318 g/mol. The lowest BCUT2D eigenvalue weighted by Crippen LogP contribution is -2.12. The Morgan fingerprint density at radius 3 is 2.23 bits per heavy atom. The zero-order valence-electron chi connectivity index (χ0n) is 12.7. The van der Waals surface area contributed by atoms with E-state index in [9.17, 15) is 8.42 Å². The standard InChI is InChI=1S/C17H22N2O2S/c1-2-22(20,21)17-12-7-6-11-16(17)19-14-8-13-18-15-9-4-3-5-10-15/h3-7,9-12,18-19H,2,8,13-14H2,1H3. The van der Waals surface area contributed by atoms with E-state index in [0.717, 1.165) is 25.2 Å². The van der Waals surface area contributed by atoms with E-state index in [2.05, 4.69) is 10.6 Å². The van der Waals surface area contributed by atoms with Crippen LogP contribution >= 0.6 is 0 Å². The molecule has 2 aromatic rings. The second kappa shape index (κ2) is 7.84. The van der Waals surface area contributed by atoms with Crippen molar-refractivity contribution in [2.75, 3.05) is 29.5 Å². The van der Waals surface area contributed by atoms with Crippen LogP contribution in [0.1, 0.15) is 13.3 Å². The van der Waals surface area contributed by atoms with Gasteiger partial charge in [0.1, 0.15) is 0 Å². The van der Waals surface area contributed by atoms with E-state index in [1.165, 1.54) is 0 Å². The molecule has 0 fully saturated rings. The number of anilines is 2. The SMILES string of the molecule is CCS(=O)(=O)c1ccccc1NCCCNc1ccccc1. The molecule has 4 nitrogen and oxygen atoms in total. The first-order valence-electron chi connectivity index (χ1n) is 7.48. The maximum atomic E-state index is 12.0. The summed E-state index contributed by atoms with van der Waals surface area (Å²) in [5.74, 6) is 0.112. The van der Waals surface area contributed by atoms with Crippen LogP contribution in [-0.4, -0.2) is 27.3 Å². The van der Waals surface area contributed by atoms with Gasteiger partial charge in [-0.1, -0.05) is 37.3 Å². The highest BCUT2D eigenvalue weighted by Gasteiger charge is 2.15. The Hall–Kier alpha value is -2.01. The van der Waals surface area contributed by atoms with Gasteiger partial charge in [0.05, 0.1) is 16.3 Å². The zero-order chi connectivity index (χ0) is 15.8. The molecule has 0 aromatic heterocycles. The van der Waals surface area contributed by atoms with Crippen molar-refractivity contribution in [1.29, 1.82) is 0 Å². The minimum absolute atomic E-state index is 0.112. The molecule has 118 valence electrons. The summed E-state index contributed by atoms with van der Waals surface area (Å²) in [6.07, 6.45) is 0.898. The van der Waals surface area contributed by atoms with Gasteiger partial charge in [-0.3, -0.25) is 0 Å². The van der Waals surface area contributed by atoms with E-state index in [-0.39, 0.29) is 5.75 Å². The third kappa shape index (κ3) is 4.49. The summed E-state index contributed by atoms with van der Waals surface area (Å²) in [5.41, 5.74) is 1.78. The zero-order valence-corrected chi connectivity index (χ0v) is 13.6. The van der Waals surface area contributed by atoms with Crippen molar-refractivity contribution in [2.45, 2.75) is 18.2 Å². The first kappa shape index (κ1) is 16.4. The predicted molar refractivity (Wildman–Crippen MR) is 92.2 cm³/mol. The van der Waals surface area contributed by atoms with Gasteiger partial charge in [-0.25, -0.2) is 8.42 Å². The second-order valence-electron chi connectivity index (χ2n) is 4.97. The van der Waals surface area contributed by atoms with E-state index < -0.39 is 9.84 Å². The van der Waals surface area contributed by atoms with Crippen LogP contribution in [0.15, 0.2) is 59.5 Å². The first-order chi connectivity index (χ1) is 10.6. The van der Waals surface area contributed by atoms with Crippen molar-refractivity contribution in [3.8, 4) is 0 Å². The Labute approximate surface area is 132 Å². The Kier molecular flexibility index (Phi) is 5.83. The number of hydrogen-bond donors (Lipinski definition) is 2. The topological polar surface area (TPSA) is 58.2 Å². The van der Waals surface area contributed by atoms with Crippen molar-refractivity contribution in [3.63, 3.8) is 0 Å². The molecule has 0 aliphatic carbocycles. The summed E-state index contributed by atoms with van der Waals surface area (Å²) in [6.45, 7) is 3.21. The fourth-order valence-corrected chi connectivity index (χ4v) is 3.21. The van der Waals surface area contributed by atoms with Gasteiger partial charge < -0.3 is 10.6 Å². The monoisotopic (exact) mass is 318 g/mol. The maximum Gasteiger partial charge on any atom is 0.180 e. The molecular formula is C17H22N2O2S. The van der Waals surface area contributed by atoms with Gasteiger partial charge in [0, 0.05) is 18.8 Å². The number of benzene rings is 2. The summed E-state index contributed by atoms with van der Waals surface area (Å²) in [5, 5.41) is 6.55. The summed E-state index contributed by atoms with van der Waals surface area (Å²) in [4.78, 5) is 0.383. The molecule has 0 unspecified atom stereocenters. The van der Waals surface area contributed by atoms with Crippen LogP contribution in [0.25, 0.3) is 0 Å². The molecule has 0 atom stereocenters. The molecule has 0 bridgehead atoms. The molecule has 0 saturated heterocycles. The fraction of sp³-hybridized carbons (Fsp3) is 0.294. The lowest BCUT2D eigenvalue weighted by molar-refractivity contribution is 0.597. The van der Waals surface area contributed by atoms with E-state index in [0.29, 0.717) is 10.6 Å². The fourth-order valence-electron chi connectivity index (χ4n) is 2.14. The summed E-state index contributed by atoms with van der Waals surface area (Å²) >= 11 is 0. The van der Waals surface area contributed by atoms with Crippen molar-refractivity contribution >= 4 is 21.2 Å². The molecule has 5 heteroatoms. The van der Waals surface area contributed by atoms with Gasteiger partial charge in [0.25, 0.3) is 0 Å². The second-order valence-corrected chi connectivity index (χ2v) is 7.22.